The average molecular weight is 342 g/mol. The number of benzene rings is 1. The molecule has 1 N–H and O–H groups in total. The molecule has 0 saturated carbocycles. The average Bonchev–Trinajstić information content (AvgIpc) is 2.84. The van der Waals surface area contributed by atoms with Gasteiger partial charge in [0, 0.05) is 30.8 Å². The van der Waals surface area contributed by atoms with Crippen LogP contribution in [-0.2, 0) is 10.0 Å². The van der Waals surface area contributed by atoms with Crippen molar-refractivity contribution in [3.05, 3.63) is 18.2 Å². The largest absolute Gasteiger partial charge is 0.497 e. The number of methoxy groups -OCH3 is 2. The second-order valence-corrected chi connectivity index (χ2v) is 7.48. The molecule has 7 heteroatoms. The van der Waals surface area contributed by atoms with E-state index in [0.717, 1.165) is 32.4 Å². The Bertz CT molecular complexity index is 588. The molecule has 1 aromatic rings. The molecule has 0 aromatic heterocycles. The summed E-state index contributed by atoms with van der Waals surface area (Å²) in [4.78, 5) is 0.216. The molecular formula is C16H26N2O4S. The van der Waals surface area contributed by atoms with Crippen LogP contribution in [-0.4, -0.2) is 52.6 Å². The summed E-state index contributed by atoms with van der Waals surface area (Å²) in [7, 11) is -0.559. The van der Waals surface area contributed by atoms with E-state index >= 15 is 0 Å². The van der Waals surface area contributed by atoms with Crippen LogP contribution < -0.4 is 14.8 Å². The number of hydrogen-bond donors (Lipinski definition) is 1. The lowest BCUT2D eigenvalue weighted by Gasteiger charge is -2.29. The Morgan fingerprint density at radius 1 is 1.13 bits per heavy atom. The van der Waals surface area contributed by atoms with Gasteiger partial charge in [-0.1, -0.05) is 6.92 Å². The molecule has 1 unspecified atom stereocenters. The second-order valence-electron chi connectivity index (χ2n) is 5.59. The van der Waals surface area contributed by atoms with Crippen LogP contribution >= 0.6 is 0 Å². The van der Waals surface area contributed by atoms with Crippen molar-refractivity contribution >= 4 is 10.0 Å². The highest BCUT2D eigenvalue weighted by atomic mass is 32.2. The van der Waals surface area contributed by atoms with Gasteiger partial charge >= 0.3 is 0 Å². The van der Waals surface area contributed by atoms with E-state index in [4.69, 9.17) is 9.47 Å². The molecule has 0 radical (unpaired) electrons. The standard InChI is InChI=1S/C16H26N2O4S/c1-4-18(13-6-5-8-17-9-7-13)23(19,20)16-11-14(21-2)10-15(12-16)22-3/h10-13,17H,4-9H2,1-3H3. The molecule has 2 rings (SSSR count). The first-order chi connectivity index (χ1) is 11.0. The third kappa shape index (κ3) is 4.16. The summed E-state index contributed by atoms with van der Waals surface area (Å²) in [5.41, 5.74) is 0. The van der Waals surface area contributed by atoms with Crippen LogP contribution in [0.3, 0.4) is 0 Å². The van der Waals surface area contributed by atoms with Crippen molar-refractivity contribution in [2.45, 2.75) is 37.1 Å². The zero-order chi connectivity index (χ0) is 16.9. The van der Waals surface area contributed by atoms with Gasteiger partial charge in [-0.25, -0.2) is 8.42 Å². The van der Waals surface area contributed by atoms with Gasteiger partial charge in [0.2, 0.25) is 10.0 Å². The Hall–Kier alpha value is -1.31. The van der Waals surface area contributed by atoms with Crippen LogP contribution in [0.15, 0.2) is 23.1 Å². The quantitative estimate of drug-likeness (QED) is 0.855. The summed E-state index contributed by atoms with van der Waals surface area (Å²) in [5, 5.41) is 3.32. The molecular weight excluding hydrogens is 316 g/mol. The Kier molecular flexibility index (Phi) is 6.26. The van der Waals surface area contributed by atoms with Crippen LogP contribution in [0.5, 0.6) is 11.5 Å². The number of rotatable bonds is 6. The highest BCUT2D eigenvalue weighted by molar-refractivity contribution is 7.89. The van der Waals surface area contributed by atoms with Gasteiger partial charge in [-0.05, 0) is 32.4 Å². The second kappa shape index (κ2) is 7.99. The predicted molar refractivity (Wildman–Crippen MR) is 89.6 cm³/mol. The van der Waals surface area contributed by atoms with E-state index in [1.54, 1.807) is 22.5 Å². The van der Waals surface area contributed by atoms with Gasteiger partial charge in [-0.2, -0.15) is 4.31 Å². The summed E-state index contributed by atoms with van der Waals surface area (Å²) in [5.74, 6) is 0.947. The van der Waals surface area contributed by atoms with E-state index in [0.29, 0.717) is 18.0 Å². The fraction of sp³-hybridized carbons (Fsp3) is 0.625. The molecule has 0 amide bonds. The summed E-state index contributed by atoms with van der Waals surface area (Å²) in [6, 6.07) is 4.80. The first-order valence-electron chi connectivity index (χ1n) is 7.98. The van der Waals surface area contributed by atoms with Gasteiger partial charge in [-0.15, -0.1) is 0 Å². The molecule has 1 saturated heterocycles. The molecule has 130 valence electrons. The molecule has 23 heavy (non-hydrogen) atoms. The molecule has 0 spiro atoms. The Labute approximate surface area is 138 Å². The fourth-order valence-electron chi connectivity index (χ4n) is 2.98. The molecule has 0 aliphatic carbocycles. The fourth-order valence-corrected chi connectivity index (χ4v) is 4.72. The maximum atomic E-state index is 13.1. The highest BCUT2D eigenvalue weighted by Gasteiger charge is 2.31. The minimum Gasteiger partial charge on any atom is -0.497 e. The van der Waals surface area contributed by atoms with Crippen LogP contribution in [0, 0.1) is 0 Å². The van der Waals surface area contributed by atoms with E-state index in [9.17, 15) is 8.42 Å². The SMILES string of the molecule is CCN(C1CCCNCC1)S(=O)(=O)c1cc(OC)cc(OC)c1. The van der Waals surface area contributed by atoms with Gasteiger partial charge in [0.1, 0.15) is 11.5 Å². The van der Waals surface area contributed by atoms with Gasteiger partial charge in [0.05, 0.1) is 19.1 Å². The van der Waals surface area contributed by atoms with Crippen molar-refractivity contribution in [3.8, 4) is 11.5 Å². The number of hydrogen-bond acceptors (Lipinski definition) is 5. The van der Waals surface area contributed by atoms with Crippen molar-refractivity contribution in [2.75, 3.05) is 33.9 Å². The van der Waals surface area contributed by atoms with E-state index in [2.05, 4.69) is 5.32 Å². The Balaban J connectivity index is 2.37. The highest BCUT2D eigenvalue weighted by Crippen LogP contribution is 2.29. The third-order valence-corrected chi connectivity index (χ3v) is 6.20. The van der Waals surface area contributed by atoms with Crippen molar-refractivity contribution < 1.29 is 17.9 Å². The summed E-state index contributed by atoms with van der Waals surface area (Å²) in [6.45, 7) is 4.12. The van der Waals surface area contributed by atoms with Crippen molar-refractivity contribution in [1.82, 2.24) is 9.62 Å². The summed E-state index contributed by atoms with van der Waals surface area (Å²) in [6.07, 6.45) is 2.69. The van der Waals surface area contributed by atoms with Crippen molar-refractivity contribution in [3.63, 3.8) is 0 Å². The van der Waals surface area contributed by atoms with E-state index < -0.39 is 10.0 Å². The molecule has 1 aliphatic heterocycles. The molecule has 1 aliphatic rings. The minimum atomic E-state index is -3.59. The maximum Gasteiger partial charge on any atom is 0.243 e. The third-order valence-electron chi connectivity index (χ3n) is 4.20. The molecule has 1 atom stereocenters. The lowest BCUT2D eigenvalue weighted by Crippen LogP contribution is -2.40. The topological polar surface area (TPSA) is 67.9 Å². The lowest BCUT2D eigenvalue weighted by atomic mass is 10.1. The Morgan fingerprint density at radius 3 is 2.35 bits per heavy atom. The molecule has 1 aromatic carbocycles. The van der Waals surface area contributed by atoms with Gasteiger partial charge in [-0.3, -0.25) is 0 Å². The molecule has 6 nitrogen and oxygen atoms in total. The summed E-state index contributed by atoms with van der Waals surface area (Å²) >= 11 is 0. The van der Waals surface area contributed by atoms with Crippen molar-refractivity contribution in [1.29, 1.82) is 0 Å². The predicted octanol–water partition coefficient (Wildman–Crippen LogP) is 1.86. The maximum absolute atomic E-state index is 13.1. The normalized spacial score (nSPS) is 19.4. The number of ether oxygens (including phenoxy) is 2. The van der Waals surface area contributed by atoms with Crippen LogP contribution in [0.2, 0.25) is 0 Å². The Morgan fingerprint density at radius 2 is 1.78 bits per heavy atom. The van der Waals surface area contributed by atoms with Gasteiger partial charge < -0.3 is 14.8 Å². The van der Waals surface area contributed by atoms with Crippen LogP contribution in [0.1, 0.15) is 26.2 Å². The summed E-state index contributed by atoms with van der Waals surface area (Å²) < 4.78 is 38.2. The smallest absolute Gasteiger partial charge is 0.243 e. The van der Waals surface area contributed by atoms with Crippen LogP contribution in [0.4, 0.5) is 0 Å². The van der Waals surface area contributed by atoms with Gasteiger partial charge in [0.15, 0.2) is 0 Å². The monoisotopic (exact) mass is 342 g/mol. The molecule has 1 heterocycles. The first kappa shape index (κ1) is 18.0. The number of sulfonamides is 1. The lowest BCUT2D eigenvalue weighted by molar-refractivity contribution is 0.307. The number of nitrogens with one attached hydrogen (secondary N) is 1. The minimum absolute atomic E-state index is 0.0252. The van der Waals surface area contributed by atoms with E-state index in [-0.39, 0.29) is 10.9 Å². The van der Waals surface area contributed by atoms with E-state index in [1.807, 2.05) is 6.92 Å². The van der Waals surface area contributed by atoms with Crippen LogP contribution in [0.25, 0.3) is 0 Å². The van der Waals surface area contributed by atoms with Crippen molar-refractivity contribution in [2.24, 2.45) is 0 Å². The molecule has 0 bridgehead atoms. The zero-order valence-corrected chi connectivity index (χ0v) is 14.9. The zero-order valence-electron chi connectivity index (χ0n) is 14.0. The van der Waals surface area contributed by atoms with Gasteiger partial charge in [0.25, 0.3) is 0 Å². The molecule has 1 fully saturated rings. The van der Waals surface area contributed by atoms with E-state index in [1.165, 1.54) is 14.2 Å². The number of nitrogens with zero attached hydrogens (tertiary/aromatic N) is 1. The first-order valence-corrected chi connectivity index (χ1v) is 9.42.